The second-order valence-corrected chi connectivity index (χ2v) is 3.86. The van der Waals surface area contributed by atoms with Gasteiger partial charge in [-0.25, -0.2) is 0 Å². The number of hydrogen-bond acceptors (Lipinski definition) is 2. The van der Waals surface area contributed by atoms with Gasteiger partial charge in [-0.15, -0.1) is 0 Å². The molecule has 1 aliphatic carbocycles. The molecular weight excluding hydrogens is 152 g/mol. The highest BCUT2D eigenvalue weighted by atomic mass is 16.7. The van der Waals surface area contributed by atoms with E-state index in [9.17, 15) is 0 Å². The minimum atomic E-state index is -0.321. The van der Waals surface area contributed by atoms with Crippen molar-refractivity contribution in [3.8, 4) is 0 Å². The highest BCUT2D eigenvalue weighted by Crippen LogP contribution is 2.40. The Balaban J connectivity index is 2.77. The van der Waals surface area contributed by atoms with Crippen LogP contribution in [0.1, 0.15) is 33.1 Å². The zero-order valence-corrected chi connectivity index (χ0v) is 8.59. The molecule has 0 spiro atoms. The van der Waals surface area contributed by atoms with E-state index in [0.29, 0.717) is 11.8 Å². The van der Waals surface area contributed by atoms with Gasteiger partial charge < -0.3 is 9.47 Å². The molecule has 2 heteroatoms. The van der Waals surface area contributed by atoms with Gasteiger partial charge >= 0.3 is 0 Å². The Bertz CT molecular complexity index is 129. The fourth-order valence-corrected chi connectivity index (χ4v) is 2.51. The summed E-state index contributed by atoms with van der Waals surface area (Å²) in [4.78, 5) is 0. The summed E-state index contributed by atoms with van der Waals surface area (Å²) in [6, 6.07) is 0. The zero-order chi connectivity index (χ0) is 9.19. The van der Waals surface area contributed by atoms with Crippen molar-refractivity contribution >= 4 is 0 Å². The maximum absolute atomic E-state index is 5.53. The monoisotopic (exact) mass is 172 g/mol. The molecule has 0 N–H and O–H groups in total. The average Bonchev–Trinajstić information content (AvgIpc) is 2.06. The van der Waals surface area contributed by atoms with Crippen LogP contribution in [-0.2, 0) is 9.47 Å². The molecule has 1 fully saturated rings. The Morgan fingerprint density at radius 1 is 1.00 bits per heavy atom. The number of ether oxygens (including phenoxy) is 2. The van der Waals surface area contributed by atoms with Crippen LogP contribution < -0.4 is 0 Å². The van der Waals surface area contributed by atoms with Gasteiger partial charge in [-0.2, -0.15) is 0 Å². The molecule has 1 aliphatic rings. The van der Waals surface area contributed by atoms with E-state index in [0.717, 1.165) is 0 Å². The van der Waals surface area contributed by atoms with Crippen LogP contribution in [0.4, 0.5) is 0 Å². The third-order valence-corrected chi connectivity index (χ3v) is 3.29. The molecule has 2 nitrogen and oxygen atoms in total. The SMILES string of the molecule is COC1(OC)C(C)CCCC1C. The predicted octanol–water partition coefficient (Wildman–Crippen LogP) is 2.43. The van der Waals surface area contributed by atoms with Crippen LogP contribution in [-0.4, -0.2) is 20.0 Å². The molecule has 0 heterocycles. The van der Waals surface area contributed by atoms with E-state index in [1.807, 2.05) is 0 Å². The molecule has 12 heavy (non-hydrogen) atoms. The summed E-state index contributed by atoms with van der Waals surface area (Å²) in [7, 11) is 3.50. The molecule has 0 radical (unpaired) electrons. The van der Waals surface area contributed by atoms with Crippen molar-refractivity contribution in [2.45, 2.75) is 38.9 Å². The van der Waals surface area contributed by atoms with E-state index in [2.05, 4.69) is 13.8 Å². The van der Waals surface area contributed by atoms with Crippen molar-refractivity contribution in [2.75, 3.05) is 14.2 Å². The minimum Gasteiger partial charge on any atom is -0.353 e. The lowest BCUT2D eigenvalue weighted by Gasteiger charge is -2.44. The Hall–Kier alpha value is -0.0800. The quantitative estimate of drug-likeness (QED) is 0.596. The zero-order valence-electron chi connectivity index (χ0n) is 8.59. The molecule has 0 aromatic rings. The van der Waals surface area contributed by atoms with E-state index in [4.69, 9.17) is 9.47 Å². The molecule has 2 unspecified atom stereocenters. The Kier molecular flexibility index (Phi) is 3.13. The molecule has 0 saturated heterocycles. The number of hydrogen-bond donors (Lipinski definition) is 0. The molecular formula is C10H20O2. The summed E-state index contributed by atoms with van der Waals surface area (Å²) in [5.41, 5.74) is 0. The topological polar surface area (TPSA) is 18.5 Å². The highest BCUT2D eigenvalue weighted by Gasteiger charge is 2.44. The van der Waals surface area contributed by atoms with Gasteiger partial charge in [-0.05, 0) is 12.8 Å². The highest BCUT2D eigenvalue weighted by molar-refractivity contribution is 4.86. The standard InChI is InChI=1S/C10H20O2/c1-8-6-5-7-9(2)10(8,11-3)12-4/h8-9H,5-7H2,1-4H3. The van der Waals surface area contributed by atoms with Crippen molar-refractivity contribution in [3.63, 3.8) is 0 Å². The molecule has 1 saturated carbocycles. The summed E-state index contributed by atoms with van der Waals surface area (Å²) in [5.74, 6) is 0.700. The van der Waals surface area contributed by atoms with Crippen molar-refractivity contribution in [1.82, 2.24) is 0 Å². The van der Waals surface area contributed by atoms with E-state index in [1.54, 1.807) is 14.2 Å². The van der Waals surface area contributed by atoms with Crippen LogP contribution in [0, 0.1) is 11.8 Å². The lowest BCUT2D eigenvalue weighted by molar-refractivity contribution is -0.276. The van der Waals surface area contributed by atoms with Gasteiger partial charge in [0, 0.05) is 26.1 Å². The smallest absolute Gasteiger partial charge is 0.172 e. The minimum absolute atomic E-state index is 0.321. The first-order valence-electron chi connectivity index (χ1n) is 4.77. The second-order valence-electron chi connectivity index (χ2n) is 3.86. The van der Waals surface area contributed by atoms with Gasteiger partial charge in [0.2, 0.25) is 0 Å². The fraction of sp³-hybridized carbons (Fsp3) is 1.00. The third kappa shape index (κ3) is 1.38. The van der Waals surface area contributed by atoms with Crippen molar-refractivity contribution in [3.05, 3.63) is 0 Å². The van der Waals surface area contributed by atoms with E-state index < -0.39 is 0 Å². The normalized spacial score (nSPS) is 35.0. The third-order valence-electron chi connectivity index (χ3n) is 3.29. The largest absolute Gasteiger partial charge is 0.353 e. The average molecular weight is 172 g/mol. The van der Waals surface area contributed by atoms with E-state index >= 15 is 0 Å². The van der Waals surface area contributed by atoms with Gasteiger partial charge in [0.15, 0.2) is 5.79 Å². The lowest BCUT2D eigenvalue weighted by Crippen LogP contribution is -2.49. The first-order valence-corrected chi connectivity index (χ1v) is 4.77. The molecule has 0 amide bonds. The van der Waals surface area contributed by atoms with Gasteiger partial charge in [0.25, 0.3) is 0 Å². The van der Waals surface area contributed by atoms with Crippen LogP contribution in [0.15, 0.2) is 0 Å². The fourth-order valence-electron chi connectivity index (χ4n) is 2.51. The van der Waals surface area contributed by atoms with Crippen molar-refractivity contribution < 1.29 is 9.47 Å². The Morgan fingerprint density at radius 3 is 1.67 bits per heavy atom. The predicted molar refractivity (Wildman–Crippen MR) is 48.9 cm³/mol. The van der Waals surface area contributed by atoms with E-state index in [-0.39, 0.29) is 5.79 Å². The van der Waals surface area contributed by atoms with Gasteiger partial charge in [-0.3, -0.25) is 0 Å². The van der Waals surface area contributed by atoms with Crippen molar-refractivity contribution in [2.24, 2.45) is 11.8 Å². The van der Waals surface area contributed by atoms with Gasteiger partial charge in [0.05, 0.1) is 0 Å². The molecule has 0 aromatic heterocycles. The second kappa shape index (κ2) is 3.75. The number of methoxy groups -OCH3 is 2. The first kappa shape index (κ1) is 10.0. The van der Waals surface area contributed by atoms with Crippen LogP contribution >= 0.6 is 0 Å². The molecule has 2 atom stereocenters. The van der Waals surface area contributed by atoms with Crippen molar-refractivity contribution in [1.29, 1.82) is 0 Å². The molecule has 0 bridgehead atoms. The summed E-state index contributed by atoms with van der Waals surface area (Å²) in [5, 5.41) is 0. The molecule has 1 rings (SSSR count). The van der Waals surface area contributed by atoms with Crippen LogP contribution in [0.25, 0.3) is 0 Å². The Morgan fingerprint density at radius 2 is 1.42 bits per heavy atom. The first-order chi connectivity index (χ1) is 5.67. The summed E-state index contributed by atoms with van der Waals surface area (Å²) >= 11 is 0. The maximum atomic E-state index is 5.53. The van der Waals surface area contributed by atoms with Crippen LogP contribution in [0.2, 0.25) is 0 Å². The molecule has 0 aliphatic heterocycles. The summed E-state index contributed by atoms with van der Waals surface area (Å²) < 4.78 is 11.1. The van der Waals surface area contributed by atoms with Gasteiger partial charge in [0.1, 0.15) is 0 Å². The van der Waals surface area contributed by atoms with Crippen LogP contribution in [0.5, 0.6) is 0 Å². The van der Waals surface area contributed by atoms with Gasteiger partial charge in [-0.1, -0.05) is 20.3 Å². The summed E-state index contributed by atoms with van der Waals surface area (Å²) in [6.45, 7) is 4.42. The maximum Gasteiger partial charge on any atom is 0.172 e. The molecule has 72 valence electrons. The van der Waals surface area contributed by atoms with Crippen LogP contribution in [0.3, 0.4) is 0 Å². The number of rotatable bonds is 2. The molecule has 0 aromatic carbocycles. The van der Waals surface area contributed by atoms with E-state index in [1.165, 1.54) is 19.3 Å². The summed E-state index contributed by atoms with van der Waals surface area (Å²) in [6.07, 6.45) is 3.73. The lowest BCUT2D eigenvalue weighted by atomic mass is 9.77. The Labute approximate surface area is 75.2 Å².